The summed E-state index contributed by atoms with van der Waals surface area (Å²) in [5.41, 5.74) is 0. The largest absolute Gasteiger partial charge is 0.472 e. The Morgan fingerprint density at radius 3 is 1.41 bits per heavy atom. The van der Waals surface area contributed by atoms with Crippen LogP contribution in [-0.4, -0.2) is 98.3 Å². The monoisotopic (exact) mass is 911 g/mol. The third-order valence-corrected chi connectivity index (χ3v) is 11.5. The molecular formula is C49H83O13P. The van der Waals surface area contributed by atoms with Gasteiger partial charge in [0.05, 0.1) is 6.61 Å². The topological polar surface area (TPSA) is 210 Å². The molecule has 362 valence electrons. The van der Waals surface area contributed by atoms with Crippen molar-refractivity contribution in [2.45, 2.75) is 211 Å². The lowest BCUT2D eigenvalue weighted by molar-refractivity contribution is -0.220. The van der Waals surface area contributed by atoms with E-state index < -0.39 is 75.7 Å². The Morgan fingerprint density at radius 1 is 0.492 bits per heavy atom. The van der Waals surface area contributed by atoms with Crippen LogP contribution in [0.15, 0.2) is 72.9 Å². The zero-order valence-corrected chi connectivity index (χ0v) is 39.2. The molecule has 0 amide bonds. The van der Waals surface area contributed by atoms with Gasteiger partial charge in [-0.2, -0.15) is 0 Å². The van der Waals surface area contributed by atoms with Crippen molar-refractivity contribution < 1.29 is 63.1 Å². The molecule has 1 fully saturated rings. The average Bonchev–Trinajstić information content (AvgIpc) is 3.26. The van der Waals surface area contributed by atoms with E-state index in [1.165, 1.54) is 57.8 Å². The first kappa shape index (κ1) is 58.3. The molecule has 14 heteroatoms. The zero-order valence-electron chi connectivity index (χ0n) is 38.3. The van der Waals surface area contributed by atoms with Crippen molar-refractivity contribution in [2.24, 2.45) is 0 Å². The minimum Gasteiger partial charge on any atom is -0.462 e. The summed E-state index contributed by atoms with van der Waals surface area (Å²) in [5, 5.41) is 50.2. The van der Waals surface area contributed by atoms with Crippen molar-refractivity contribution >= 4 is 19.8 Å². The summed E-state index contributed by atoms with van der Waals surface area (Å²) in [6.07, 6.45) is 35.4. The molecule has 0 radical (unpaired) electrons. The van der Waals surface area contributed by atoms with Crippen LogP contribution in [0.25, 0.3) is 0 Å². The molecule has 8 atom stereocenters. The number of carbonyl (C=O) groups excluding carboxylic acids is 2. The Kier molecular flexibility index (Phi) is 35.7. The fourth-order valence-electron chi connectivity index (χ4n) is 6.68. The molecule has 0 spiro atoms. The van der Waals surface area contributed by atoms with Crippen LogP contribution in [0, 0.1) is 0 Å². The van der Waals surface area contributed by atoms with Crippen LogP contribution >= 0.6 is 7.82 Å². The molecule has 1 aliphatic carbocycles. The fourth-order valence-corrected chi connectivity index (χ4v) is 7.65. The predicted octanol–water partition coefficient (Wildman–Crippen LogP) is 9.50. The first-order valence-electron chi connectivity index (χ1n) is 23.7. The number of phosphoric acid groups is 1. The summed E-state index contributed by atoms with van der Waals surface area (Å²) in [7, 11) is -5.14. The Morgan fingerprint density at radius 2 is 0.889 bits per heavy atom. The number of allylic oxidation sites excluding steroid dienone is 12. The van der Waals surface area contributed by atoms with Crippen LogP contribution < -0.4 is 0 Å². The first-order chi connectivity index (χ1) is 30.4. The van der Waals surface area contributed by atoms with E-state index in [9.17, 15) is 44.6 Å². The van der Waals surface area contributed by atoms with E-state index in [-0.39, 0.29) is 12.8 Å². The summed E-state index contributed by atoms with van der Waals surface area (Å²) < 4.78 is 33.4. The minimum atomic E-state index is -5.14. The quantitative estimate of drug-likeness (QED) is 0.0148. The first-order valence-corrected chi connectivity index (χ1v) is 25.2. The maximum atomic E-state index is 12.8. The standard InChI is InChI=1S/C49H83O13P/c1-3-5-7-9-11-13-15-17-19-20-21-22-24-25-27-29-31-33-35-37-42(50)59-39-41(40-60-63(57,58)62-49-47(55)45(53)44(52)46(54)48(49)56)61-43(51)38-36-34-32-30-28-26-23-18-16-14-12-10-8-6-4-2/h11,13,17-19,21-23,25,27,31,33,41,44-49,52-56H,3-10,12,14-16,20,24,26,28-30,32,34-40H2,1-2H3,(H,57,58)/b13-11+,19-17+,22-21+,23-18+,27-25+,33-31+/t41-,44?,45-,46?,47?,48?,49?/m0/s1. The second-order valence-electron chi connectivity index (χ2n) is 16.3. The van der Waals surface area contributed by atoms with Crippen molar-refractivity contribution in [1.82, 2.24) is 0 Å². The van der Waals surface area contributed by atoms with Crippen LogP contribution in [-0.2, 0) is 32.7 Å². The van der Waals surface area contributed by atoms with E-state index >= 15 is 0 Å². The second-order valence-corrected chi connectivity index (χ2v) is 17.7. The average molecular weight is 911 g/mol. The number of rotatable bonds is 38. The highest BCUT2D eigenvalue weighted by atomic mass is 31.2. The summed E-state index contributed by atoms with van der Waals surface area (Å²) in [4.78, 5) is 35.7. The minimum absolute atomic E-state index is 0.0388. The van der Waals surface area contributed by atoms with Crippen LogP contribution in [0.4, 0.5) is 0 Å². The van der Waals surface area contributed by atoms with E-state index in [1.807, 2.05) is 18.2 Å². The van der Waals surface area contributed by atoms with Gasteiger partial charge < -0.3 is 39.9 Å². The van der Waals surface area contributed by atoms with Gasteiger partial charge in [0.15, 0.2) is 6.10 Å². The van der Waals surface area contributed by atoms with E-state index in [1.54, 1.807) is 0 Å². The lowest BCUT2D eigenvalue weighted by atomic mass is 9.85. The van der Waals surface area contributed by atoms with Crippen molar-refractivity contribution in [3.05, 3.63) is 72.9 Å². The van der Waals surface area contributed by atoms with Gasteiger partial charge in [0.2, 0.25) is 0 Å². The van der Waals surface area contributed by atoms with Gasteiger partial charge in [-0.05, 0) is 77.0 Å². The van der Waals surface area contributed by atoms with Gasteiger partial charge in [-0.3, -0.25) is 18.6 Å². The highest BCUT2D eigenvalue weighted by Gasteiger charge is 2.51. The summed E-state index contributed by atoms with van der Waals surface area (Å²) in [5.74, 6) is -1.21. The molecular weight excluding hydrogens is 827 g/mol. The summed E-state index contributed by atoms with van der Waals surface area (Å²) in [6.45, 7) is 3.19. The number of carbonyl (C=O) groups is 2. The fraction of sp³-hybridized carbons (Fsp3) is 0.714. The number of aliphatic hydroxyl groups excluding tert-OH is 5. The van der Waals surface area contributed by atoms with E-state index in [0.717, 1.165) is 64.2 Å². The Labute approximate surface area is 378 Å². The molecule has 0 bridgehead atoms. The molecule has 0 aromatic carbocycles. The van der Waals surface area contributed by atoms with E-state index in [4.69, 9.17) is 18.5 Å². The smallest absolute Gasteiger partial charge is 0.462 e. The zero-order chi connectivity index (χ0) is 46.4. The normalized spacial score (nSPS) is 22.3. The molecule has 0 saturated heterocycles. The van der Waals surface area contributed by atoms with Gasteiger partial charge in [0, 0.05) is 12.8 Å². The lowest BCUT2D eigenvalue weighted by Gasteiger charge is -2.41. The molecule has 0 aromatic rings. The van der Waals surface area contributed by atoms with Gasteiger partial charge in [0.1, 0.15) is 43.2 Å². The van der Waals surface area contributed by atoms with E-state index in [2.05, 4.69) is 68.5 Å². The molecule has 0 aromatic heterocycles. The van der Waals surface area contributed by atoms with Crippen LogP contribution in [0.2, 0.25) is 0 Å². The number of phosphoric ester groups is 1. The van der Waals surface area contributed by atoms with Crippen molar-refractivity contribution in [3.63, 3.8) is 0 Å². The maximum Gasteiger partial charge on any atom is 0.472 e. The number of hydrogen-bond acceptors (Lipinski definition) is 12. The third-order valence-electron chi connectivity index (χ3n) is 10.5. The van der Waals surface area contributed by atoms with Gasteiger partial charge in [-0.25, -0.2) is 4.57 Å². The Hall–Kier alpha value is -2.71. The van der Waals surface area contributed by atoms with Gasteiger partial charge in [0.25, 0.3) is 0 Å². The second kappa shape index (κ2) is 38.5. The summed E-state index contributed by atoms with van der Waals surface area (Å²) >= 11 is 0. The van der Waals surface area contributed by atoms with Gasteiger partial charge >= 0.3 is 19.8 Å². The van der Waals surface area contributed by atoms with Gasteiger partial charge in [-0.15, -0.1) is 0 Å². The highest BCUT2D eigenvalue weighted by Crippen LogP contribution is 2.47. The molecule has 0 heterocycles. The molecule has 1 rings (SSSR count). The Bertz CT molecular complexity index is 1380. The van der Waals surface area contributed by atoms with Crippen molar-refractivity contribution in [1.29, 1.82) is 0 Å². The molecule has 6 N–H and O–H groups in total. The van der Waals surface area contributed by atoms with E-state index in [0.29, 0.717) is 19.3 Å². The molecule has 63 heavy (non-hydrogen) atoms. The third kappa shape index (κ3) is 31.0. The number of esters is 2. The van der Waals surface area contributed by atoms with Crippen LogP contribution in [0.5, 0.6) is 0 Å². The van der Waals surface area contributed by atoms with Crippen LogP contribution in [0.1, 0.15) is 168 Å². The highest BCUT2D eigenvalue weighted by molar-refractivity contribution is 7.47. The molecule has 13 nitrogen and oxygen atoms in total. The maximum absolute atomic E-state index is 12.8. The number of hydrogen-bond donors (Lipinski definition) is 6. The van der Waals surface area contributed by atoms with Crippen molar-refractivity contribution in [2.75, 3.05) is 13.2 Å². The molecule has 6 unspecified atom stereocenters. The SMILES string of the molecule is CCCCC/C=C/C/C=C/C/C=C/C/C=C/C/C=C/CCC(=O)OC[C@@H](COP(=O)(O)OC1C(O)C(O)C(O)[C@H](O)C1O)OC(=O)CCCCCCC/C=C/CCCCCCCC. The van der Waals surface area contributed by atoms with Crippen molar-refractivity contribution in [3.8, 4) is 0 Å². The van der Waals surface area contributed by atoms with Gasteiger partial charge in [-0.1, -0.05) is 151 Å². The molecule has 1 saturated carbocycles. The van der Waals surface area contributed by atoms with Crippen LogP contribution in [0.3, 0.4) is 0 Å². The predicted molar refractivity (Wildman–Crippen MR) is 249 cm³/mol. The Balaban J connectivity index is 2.51. The lowest BCUT2D eigenvalue weighted by Crippen LogP contribution is -2.64. The summed E-state index contributed by atoms with van der Waals surface area (Å²) in [6, 6.07) is 0. The number of unbranched alkanes of at least 4 members (excludes halogenated alkanes) is 14. The number of aliphatic hydroxyl groups is 5. The molecule has 1 aliphatic rings. The molecule has 0 aliphatic heterocycles. The number of ether oxygens (including phenoxy) is 2.